The minimum absolute atomic E-state index is 0.639. The molecule has 2 nitrogen and oxygen atoms in total. The molecule has 0 saturated heterocycles. The standard InChI is InChI=1S/C18H29NO/c1-3-15(2)16-9-11-18(12-10-16)20-14-6-13-19-17-7-4-5-8-17/h9-12,15,17,19H,3-8,13-14H2,1-2H3. The highest BCUT2D eigenvalue weighted by molar-refractivity contribution is 5.29. The Morgan fingerprint density at radius 2 is 1.90 bits per heavy atom. The Hall–Kier alpha value is -1.02. The Morgan fingerprint density at radius 1 is 1.20 bits per heavy atom. The molecule has 1 fully saturated rings. The van der Waals surface area contributed by atoms with E-state index in [9.17, 15) is 0 Å². The summed E-state index contributed by atoms with van der Waals surface area (Å²) in [6.07, 6.45) is 7.79. The minimum atomic E-state index is 0.639. The Bertz CT molecular complexity index is 368. The van der Waals surface area contributed by atoms with Gasteiger partial charge in [-0.05, 0) is 55.8 Å². The second-order valence-corrected chi connectivity index (χ2v) is 6.02. The van der Waals surface area contributed by atoms with Gasteiger partial charge in [0.15, 0.2) is 0 Å². The molecular weight excluding hydrogens is 246 g/mol. The van der Waals surface area contributed by atoms with Crippen molar-refractivity contribution in [2.24, 2.45) is 0 Å². The summed E-state index contributed by atoms with van der Waals surface area (Å²) < 4.78 is 5.80. The number of hydrogen-bond acceptors (Lipinski definition) is 2. The highest BCUT2D eigenvalue weighted by atomic mass is 16.5. The second kappa shape index (κ2) is 8.31. The van der Waals surface area contributed by atoms with Gasteiger partial charge in [0.25, 0.3) is 0 Å². The van der Waals surface area contributed by atoms with Crippen LogP contribution in [0.1, 0.15) is 63.9 Å². The fraction of sp³-hybridized carbons (Fsp3) is 0.667. The smallest absolute Gasteiger partial charge is 0.119 e. The molecule has 1 atom stereocenters. The fourth-order valence-electron chi connectivity index (χ4n) is 2.83. The number of nitrogens with one attached hydrogen (secondary N) is 1. The molecule has 2 heteroatoms. The second-order valence-electron chi connectivity index (χ2n) is 6.02. The topological polar surface area (TPSA) is 21.3 Å². The van der Waals surface area contributed by atoms with E-state index < -0.39 is 0 Å². The molecule has 20 heavy (non-hydrogen) atoms. The van der Waals surface area contributed by atoms with Crippen molar-refractivity contribution in [2.45, 2.75) is 64.3 Å². The SMILES string of the molecule is CCC(C)c1ccc(OCCCNC2CCCC2)cc1. The summed E-state index contributed by atoms with van der Waals surface area (Å²) in [7, 11) is 0. The van der Waals surface area contributed by atoms with E-state index in [1.807, 2.05) is 0 Å². The van der Waals surface area contributed by atoms with Crippen LogP contribution in [-0.2, 0) is 0 Å². The molecule has 1 aliphatic rings. The molecule has 1 aliphatic carbocycles. The van der Waals surface area contributed by atoms with Gasteiger partial charge in [-0.25, -0.2) is 0 Å². The lowest BCUT2D eigenvalue weighted by atomic mass is 9.99. The third-order valence-corrected chi connectivity index (χ3v) is 4.44. The first-order chi connectivity index (χ1) is 9.79. The van der Waals surface area contributed by atoms with Gasteiger partial charge in [0, 0.05) is 6.04 Å². The van der Waals surface area contributed by atoms with Crippen molar-refractivity contribution in [1.82, 2.24) is 5.32 Å². The zero-order valence-electron chi connectivity index (χ0n) is 13.0. The van der Waals surface area contributed by atoms with E-state index in [2.05, 4.69) is 43.4 Å². The molecule has 0 heterocycles. The summed E-state index contributed by atoms with van der Waals surface area (Å²) in [6, 6.07) is 9.36. The summed E-state index contributed by atoms with van der Waals surface area (Å²) >= 11 is 0. The van der Waals surface area contributed by atoms with Gasteiger partial charge in [-0.1, -0.05) is 38.8 Å². The van der Waals surface area contributed by atoms with Crippen molar-refractivity contribution in [3.8, 4) is 5.75 Å². The van der Waals surface area contributed by atoms with Crippen LogP contribution >= 0.6 is 0 Å². The summed E-state index contributed by atoms with van der Waals surface area (Å²) in [5.41, 5.74) is 1.41. The van der Waals surface area contributed by atoms with E-state index in [4.69, 9.17) is 4.74 Å². The molecule has 0 aliphatic heterocycles. The highest BCUT2D eigenvalue weighted by Crippen LogP contribution is 2.21. The van der Waals surface area contributed by atoms with Crippen molar-refractivity contribution in [2.75, 3.05) is 13.2 Å². The Balaban J connectivity index is 1.61. The summed E-state index contributed by atoms with van der Waals surface area (Å²) in [4.78, 5) is 0. The molecule has 1 aromatic rings. The van der Waals surface area contributed by atoms with Gasteiger partial charge in [0.05, 0.1) is 6.61 Å². The Morgan fingerprint density at radius 3 is 2.55 bits per heavy atom. The molecule has 0 bridgehead atoms. The minimum Gasteiger partial charge on any atom is -0.494 e. The maximum atomic E-state index is 5.80. The van der Waals surface area contributed by atoms with Crippen LogP contribution in [-0.4, -0.2) is 19.2 Å². The van der Waals surface area contributed by atoms with E-state index in [-0.39, 0.29) is 0 Å². The monoisotopic (exact) mass is 275 g/mol. The average molecular weight is 275 g/mol. The molecule has 1 saturated carbocycles. The van der Waals surface area contributed by atoms with Gasteiger partial charge >= 0.3 is 0 Å². The lowest BCUT2D eigenvalue weighted by molar-refractivity contribution is 0.304. The normalized spacial score (nSPS) is 17.3. The van der Waals surface area contributed by atoms with Gasteiger partial charge in [0.1, 0.15) is 5.75 Å². The van der Waals surface area contributed by atoms with Crippen molar-refractivity contribution in [3.63, 3.8) is 0 Å². The molecule has 1 unspecified atom stereocenters. The lowest BCUT2D eigenvalue weighted by Gasteiger charge is -2.13. The van der Waals surface area contributed by atoms with E-state index in [1.165, 1.54) is 37.7 Å². The van der Waals surface area contributed by atoms with Crippen LogP contribution in [0.15, 0.2) is 24.3 Å². The lowest BCUT2D eigenvalue weighted by Crippen LogP contribution is -2.27. The van der Waals surface area contributed by atoms with Crippen molar-refractivity contribution < 1.29 is 4.74 Å². The van der Waals surface area contributed by atoms with Crippen molar-refractivity contribution in [1.29, 1.82) is 0 Å². The predicted molar refractivity (Wildman–Crippen MR) is 85.5 cm³/mol. The Labute approximate surface area is 123 Å². The molecule has 0 spiro atoms. The molecule has 1 aromatic carbocycles. The van der Waals surface area contributed by atoms with Gasteiger partial charge in [-0.3, -0.25) is 0 Å². The van der Waals surface area contributed by atoms with Crippen LogP contribution in [0.4, 0.5) is 0 Å². The molecule has 1 N–H and O–H groups in total. The first-order valence-electron chi connectivity index (χ1n) is 8.25. The number of benzene rings is 1. The average Bonchev–Trinajstić information content (AvgIpc) is 3.00. The van der Waals surface area contributed by atoms with Gasteiger partial charge < -0.3 is 10.1 Å². The van der Waals surface area contributed by atoms with E-state index >= 15 is 0 Å². The van der Waals surface area contributed by atoms with Crippen LogP contribution in [0, 0.1) is 0 Å². The maximum Gasteiger partial charge on any atom is 0.119 e. The van der Waals surface area contributed by atoms with Crippen LogP contribution < -0.4 is 10.1 Å². The predicted octanol–water partition coefficient (Wildman–Crippen LogP) is 4.50. The maximum absolute atomic E-state index is 5.80. The quantitative estimate of drug-likeness (QED) is 0.705. The van der Waals surface area contributed by atoms with Crippen LogP contribution in [0.3, 0.4) is 0 Å². The van der Waals surface area contributed by atoms with Crippen LogP contribution in [0.25, 0.3) is 0 Å². The highest BCUT2D eigenvalue weighted by Gasteiger charge is 2.13. The van der Waals surface area contributed by atoms with Gasteiger partial charge in [-0.15, -0.1) is 0 Å². The molecular formula is C18H29NO. The first kappa shape index (κ1) is 15.4. The molecule has 2 rings (SSSR count). The summed E-state index contributed by atoms with van der Waals surface area (Å²) in [5.74, 6) is 1.64. The number of ether oxygens (including phenoxy) is 1. The first-order valence-corrected chi connectivity index (χ1v) is 8.25. The zero-order valence-corrected chi connectivity index (χ0v) is 13.0. The van der Waals surface area contributed by atoms with Crippen molar-refractivity contribution >= 4 is 0 Å². The molecule has 0 radical (unpaired) electrons. The largest absolute Gasteiger partial charge is 0.494 e. The fourth-order valence-corrected chi connectivity index (χ4v) is 2.83. The molecule has 0 amide bonds. The summed E-state index contributed by atoms with van der Waals surface area (Å²) in [5, 5.41) is 3.62. The molecule has 0 aromatic heterocycles. The number of rotatable bonds is 8. The van der Waals surface area contributed by atoms with E-state index in [0.29, 0.717) is 5.92 Å². The number of hydrogen-bond donors (Lipinski definition) is 1. The third kappa shape index (κ3) is 4.82. The summed E-state index contributed by atoms with van der Waals surface area (Å²) in [6.45, 7) is 6.38. The van der Waals surface area contributed by atoms with Crippen LogP contribution in [0.5, 0.6) is 5.75 Å². The van der Waals surface area contributed by atoms with Crippen LogP contribution in [0.2, 0.25) is 0 Å². The molecule has 112 valence electrons. The zero-order chi connectivity index (χ0) is 14.2. The Kier molecular flexibility index (Phi) is 6.38. The van der Waals surface area contributed by atoms with E-state index in [0.717, 1.165) is 31.4 Å². The van der Waals surface area contributed by atoms with E-state index in [1.54, 1.807) is 0 Å². The van der Waals surface area contributed by atoms with Crippen molar-refractivity contribution in [3.05, 3.63) is 29.8 Å². The van der Waals surface area contributed by atoms with Gasteiger partial charge in [0.2, 0.25) is 0 Å². The van der Waals surface area contributed by atoms with Gasteiger partial charge in [-0.2, -0.15) is 0 Å². The third-order valence-electron chi connectivity index (χ3n) is 4.44.